The molecule has 0 spiro atoms. The fourth-order valence-electron chi connectivity index (χ4n) is 2.47. The standard InChI is InChI=1S/C13H18Cl2N4O/c1-8-2-9(4-16)6-19(8)7-12(20)18-13-11(15)3-10(14)5-17-13/h3,5,8-9H,2,4,6-7,16H2,1H3,(H,17,18,20). The molecule has 1 aromatic heterocycles. The van der Waals surface area contributed by atoms with Gasteiger partial charge in [-0.1, -0.05) is 23.2 Å². The van der Waals surface area contributed by atoms with E-state index in [1.54, 1.807) is 6.07 Å². The van der Waals surface area contributed by atoms with Gasteiger partial charge in [-0.15, -0.1) is 0 Å². The van der Waals surface area contributed by atoms with Crippen molar-refractivity contribution in [1.82, 2.24) is 9.88 Å². The molecule has 2 unspecified atom stereocenters. The average molecular weight is 317 g/mol. The Labute approximate surface area is 128 Å². The van der Waals surface area contributed by atoms with Gasteiger partial charge in [0, 0.05) is 18.8 Å². The molecule has 3 N–H and O–H groups in total. The van der Waals surface area contributed by atoms with Crippen LogP contribution in [0, 0.1) is 5.92 Å². The second-order valence-corrected chi connectivity index (χ2v) is 5.99. The highest BCUT2D eigenvalue weighted by molar-refractivity contribution is 6.36. The number of halogens is 2. The van der Waals surface area contributed by atoms with E-state index in [4.69, 9.17) is 28.9 Å². The van der Waals surface area contributed by atoms with Crippen molar-refractivity contribution in [3.8, 4) is 0 Å². The number of pyridine rings is 1. The molecule has 110 valence electrons. The van der Waals surface area contributed by atoms with Gasteiger partial charge in [0.25, 0.3) is 0 Å². The van der Waals surface area contributed by atoms with Gasteiger partial charge in [0.1, 0.15) is 0 Å². The molecule has 20 heavy (non-hydrogen) atoms. The van der Waals surface area contributed by atoms with Crippen molar-refractivity contribution in [1.29, 1.82) is 0 Å². The fraction of sp³-hybridized carbons (Fsp3) is 0.538. The van der Waals surface area contributed by atoms with Crippen molar-refractivity contribution in [2.45, 2.75) is 19.4 Å². The summed E-state index contributed by atoms with van der Waals surface area (Å²) in [7, 11) is 0. The van der Waals surface area contributed by atoms with Crippen LogP contribution in [0.3, 0.4) is 0 Å². The Morgan fingerprint density at radius 3 is 2.95 bits per heavy atom. The van der Waals surface area contributed by atoms with Gasteiger partial charge in [-0.25, -0.2) is 4.98 Å². The third-order valence-electron chi connectivity index (χ3n) is 3.54. The molecule has 0 aliphatic carbocycles. The third kappa shape index (κ3) is 3.82. The predicted octanol–water partition coefficient (Wildman–Crippen LogP) is 2.00. The first-order chi connectivity index (χ1) is 9.49. The molecule has 5 nitrogen and oxygen atoms in total. The zero-order chi connectivity index (χ0) is 14.7. The van der Waals surface area contributed by atoms with E-state index in [0.717, 1.165) is 13.0 Å². The Morgan fingerprint density at radius 1 is 1.60 bits per heavy atom. The normalized spacial score (nSPS) is 23.0. The maximum absolute atomic E-state index is 12.0. The van der Waals surface area contributed by atoms with Gasteiger partial charge in [0.15, 0.2) is 5.82 Å². The fourth-order valence-corrected chi connectivity index (χ4v) is 2.90. The molecule has 2 rings (SSSR count). The van der Waals surface area contributed by atoms with Gasteiger partial charge in [-0.05, 0) is 31.9 Å². The summed E-state index contributed by atoms with van der Waals surface area (Å²) in [4.78, 5) is 18.2. The predicted molar refractivity (Wildman–Crippen MR) is 81.1 cm³/mol. The van der Waals surface area contributed by atoms with Crippen LogP contribution < -0.4 is 11.1 Å². The summed E-state index contributed by atoms with van der Waals surface area (Å²) in [5.74, 6) is 0.671. The summed E-state index contributed by atoms with van der Waals surface area (Å²) in [6, 6.07) is 1.91. The van der Waals surface area contributed by atoms with Crippen LogP contribution in [0.5, 0.6) is 0 Å². The van der Waals surface area contributed by atoms with E-state index in [2.05, 4.69) is 22.1 Å². The van der Waals surface area contributed by atoms with Crippen LogP contribution in [0.15, 0.2) is 12.3 Å². The summed E-state index contributed by atoms with van der Waals surface area (Å²) in [5.41, 5.74) is 5.68. The number of amides is 1. The van der Waals surface area contributed by atoms with Gasteiger partial charge >= 0.3 is 0 Å². The Morgan fingerprint density at radius 2 is 2.35 bits per heavy atom. The maximum Gasteiger partial charge on any atom is 0.239 e. The lowest BCUT2D eigenvalue weighted by Gasteiger charge is -2.20. The van der Waals surface area contributed by atoms with E-state index in [9.17, 15) is 4.79 Å². The Balaban J connectivity index is 1.92. The number of rotatable bonds is 4. The molecule has 1 aromatic rings. The molecule has 1 saturated heterocycles. The van der Waals surface area contributed by atoms with Crippen LogP contribution in [0.4, 0.5) is 5.82 Å². The van der Waals surface area contributed by atoms with Crippen LogP contribution >= 0.6 is 23.2 Å². The minimum atomic E-state index is -0.133. The number of nitrogens with one attached hydrogen (secondary N) is 1. The van der Waals surface area contributed by atoms with E-state index in [0.29, 0.717) is 40.9 Å². The number of hydrogen-bond acceptors (Lipinski definition) is 4. The van der Waals surface area contributed by atoms with Crippen LogP contribution in [-0.2, 0) is 4.79 Å². The van der Waals surface area contributed by atoms with Gasteiger partial charge in [0.2, 0.25) is 5.91 Å². The van der Waals surface area contributed by atoms with Crippen molar-refractivity contribution in [3.05, 3.63) is 22.3 Å². The molecular weight excluding hydrogens is 299 g/mol. The van der Waals surface area contributed by atoms with E-state index >= 15 is 0 Å². The summed E-state index contributed by atoms with van der Waals surface area (Å²) < 4.78 is 0. The molecule has 1 amide bonds. The SMILES string of the molecule is CC1CC(CN)CN1CC(=O)Nc1ncc(Cl)cc1Cl. The topological polar surface area (TPSA) is 71.2 Å². The number of nitrogens with two attached hydrogens (primary N) is 1. The van der Waals surface area contributed by atoms with Crippen molar-refractivity contribution in [3.63, 3.8) is 0 Å². The molecule has 0 radical (unpaired) electrons. The van der Waals surface area contributed by atoms with E-state index < -0.39 is 0 Å². The van der Waals surface area contributed by atoms with Crippen LogP contribution in [0.2, 0.25) is 10.0 Å². The van der Waals surface area contributed by atoms with E-state index in [-0.39, 0.29) is 5.91 Å². The first-order valence-electron chi connectivity index (χ1n) is 6.54. The summed E-state index contributed by atoms with van der Waals surface area (Å²) >= 11 is 11.7. The molecular formula is C13H18Cl2N4O. The zero-order valence-corrected chi connectivity index (χ0v) is 12.8. The van der Waals surface area contributed by atoms with Crippen LogP contribution in [-0.4, -0.2) is 41.5 Å². The second kappa shape index (κ2) is 6.72. The van der Waals surface area contributed by atoms with Gasteiger partial charge in [0.05, 0.1) is 16.6 Å². The Kier molecular flexibility index (Phi) is 5.21. The van der Waals surface area contributed by atoms with Gasteiger partial charge in [-0.3, -0.25) is 9.69 Å². The first kappa shape index (κ1) is 15.5. The molecule has 1 aliphatic heterocycles. The highest BCUT2D eigenvalue weighted by atomic mass is 35.5. The largest absolute Gasteiger partial charge is 0.330 e. The minimum Gasteiger partial charge on any atom is -0.330 e. The summed E-state index contributed by atoms with van der Waals surface area (Å²) in [6.45, 7) is 3.94. The maximum atomic E-state index is 12.0. The molecule has 0 aromatic carbocycles. The lowest BCUT2D eigenvalue weighted by molar-refractivity contribution is -0.117. The number of aromatic nitrogens is 1. The van der Waals surface area contributed by atoms with Crippen molar-refractivity contribution in [2.75, 3.05) is 25.0 Å². The number of anilines is 1. The number of nitrogens with zero attached hydrogens (tertiary/aromatic N) is 2. The molecule has 0 bridgehead atoms. The number of hydrogen-bond donors (Lipinski definition) is 2. The number of likely N-dealkylation sites (tertiary alicyclic amines) is 1. The van der Waals surface area contributed by atoms with E-state index in [1.807, 2.05) is 0 Å². The van der Waals surface area contributed by atoms with Crippen molar-refractivity contribution < 1.29 is 4.79 Å². The Bertz CT molecular complexity index is 497. The summed E-state index contributed by atoms with van der Waals surface area (Å²) in [6.07, 6.45) is 2.48. The second-order valence-electron chi connectivity index (χ2n) is 5.15. The summed E-state index contributed by atoms with van der Waals surface area (Å²) in [5, 5.41) is 3.47. The minimum absolute atomic E-state index is 0.133. The first-order valence-corrected chi connectivity index (χ1v) is 7.30. The molecule has 0 saturated carbocycles. The quantitative estimate of drug-likeness (QED) is 0.891. The van der Waals surface area contributed by atoms with Gasteiger partial charge in [-0.2, -0.15) is 0 Å². The van der Waals surface area contributed by atoms with Crippen molar-refractivity contribution in [2.24, 2.45) is 11.7 Å². The van der Waals surface area contributed by atoms with Crippen LogP contribution in [0.1, 0.15) is 13.3 Å². The highest BCUT2D eigenvalue weighted by Gasteiger charge is 2.29. The lowest BCUT2D eigenvalue weighted by atomic mass is 10.1. The number of carbonyl (C=O) groups excluding carboxylic acids is 1. The van der Waals surface area contributed by atoms with Crippen LogP contribution in [0.25, 0.3) is 0 Å². The van der Waals surface area contributed by atoms with Crippen molar-refractivity contribution >= 4 is 34.9 Å². The third-order valence-corrected chi connectivity index (χ3v) is 4.03. The highest BCUT2D eigenvalue weighted by Crippen LogP contribution is 2.24. The molecule has 1 fully saturated rings. The number of carbonyl (C=O) groups is 1. The Hall–Kier alpha value is -0.880. The monoisotopic (exact) mass is 316 g/mol. The lowest BCUT2D eigenvalue weighted by Crippen LogP contribution is -2.36. The van der Waals surface area contributed by atoms with E-state index in [1.165, 1.54) is 6.20 Å². The molecule has 2 atom stereocenters. The smallest absolute Gasteiger partial charge is 0.239 e. The average Bonchev–Trinajstić information content (AvgIpc) is 2.74. The molecule has 1 aliphatic rings. The molecule has 7 heteroatoms. The molecule has 2 heterocycles. The zero-order valence-electron chi connectivity index (χ0n) is 11.3. The van der Waals surface area contributed by atoms with Gasteiger partial charge < -0.3 is 11.1 Å².